The van der Waals surface area contributed by atoms with Crippen LogP contribution in [0, 0.1) is 5.92 Å². The number of alkyl carbamates (subject to hydrolysis) is 1. The van der Waals surface area contributed by atoms with E-state index in [0.717, 1.165) is 49.2 Å². The van der Waals surface area contributed by atoms with E-state index in [1.165, 1.54) is 0 Å². The van der Waals surface area contributed by atoms with Crippen LogP contribution in [0.25, 0.3) is 0 Å². The van der Waals surface area contributed by atoms with Crippen LogP contribution in [0.5, 0.6) is 17.2 Å². The second-order valence-electron chi connectivity index (χ2n) is 14.0. The van der Waals surface area contributed by atoms with Gasteiger partial charge in [-0.15, -0.1) is 0 Å². The Balaban J connectivity index is 1.05. The average molecular weight is 798 g/mol. The van der Waals surface area contributed by atoms with E-state index in [-0.39, 0.29) is 19.1 Å². The van der Waals surface area contributed by atoms with Crippen molar-refractivity contribution in [3.63, 3.8) is 0 Å². The lowest BCUT2D eigenvalue weighted by Gasteiger charge is -2.43. The van der Waals surface area contributed by atoms with Crippen LogP contribution in [0.15, 0.2) is 109 Å². The standard InChI is InChI=1S/C44H43Cl2N3O7/c1-52-38-15-14-31(22-40(38)53-2)39(23-35-36(45)24-47-25-37(35)46)55-43(50)33-12-6-8-28(20-33)27-54-34-13-7-11-32(21-34)42(30-9-4-3-5-10-30)48-44(51)56-41-26-49-18-16-29(41)17-19-49/h3-15,20-22,24-25,29,39,41-42H,16-19,23,26-27H2,1-2H3,(H,48,51)/p+1/t39-,41-,42-/m0/s1. The number of carbonyl (C=O) groups excluding carboxylic acids is 2. The molecule has 0 saturated carbocycles. The molecule has 10 nitrogen and oxygen atoms in total. The second-order valence-corrected chi connectivity index (χ2v) is 14.8. The molecule has 4 heterocycles. The van der Waals surface area contributed by atoms with Crippen LogP contribution in [-0.4, -0.2) is 56.9 Å². The molecule has 2 bridgehead atoms. The molecular weight excluding hydrogens is 753 g/mol. The third-order valence-corrected chi connectivity index (χ3v) is 11.1. The summed E-state index contributed by atoms with van der Waals surface area (Å²) in [5.74, 6) is 1.50. The lowest BCUT2D eigenvalue weighted by molar-refractivity contribution is -0.377. The van der Waals surface area contributed by atoms with Gasteiger partial charge in [0.2, 0.25) is 0 Å². The molecule has 1 amide bonds. The number of rotatable bonds is 14. The Kier molecular flexibility index (Phi) is 12.6. The first-order valence-corrected chi connectivity index (χ1v) is 19.4. The Morgan fingerprint density at radius 3 is 2.27 bits per heavy atom. The van der Waals surface area contributed by atoms with Crippen molar-refractivity contribution in [2.45, 2.75) is 44.1 Å². The highest BCUT2D eigenvalue weighted by Crippen LogP contribution is 2.36. The number of piperidine rings is 3. The Bertz CT molecular complexity index is 2120. The topological polar surface area (TPSA) is 110 Å². The maximum absolute atomic E-state index is 13.8. The first-order valence-electron chi connectivity index (χ1n) is 18.6. The Morgan fingerprint density at radius 2 is 1.55 bits per heavy atom. The molecule has 3 aliphatic heterocycles. The van der Waals surface area contributed by atoms with E-state index in [9.17, 15) is 9.59 Å². The van der Waals surface area contributed by atoms with Gasteiger partial charge in [0, 0.05) is 18.5 Å². The van der Waals surface area contributed by atoms with Crippen molar-refractivity contribution in [1.82, 2.24) is 10.2 Å². The third kappa shape index (κ3) is 9.38. The largest absolute Gasteiger partial charge is 0.493 e. The van der Waals surface area contributed by atoms with Gasteiger partial charge in [0.25, 0.3) is 0 Å². The average Bonchev–Trinajstić information content (AvgIpc) is 3.23. The van der Waals surface area contributed by atoms with Crippen LogP contribution in [0.3, 0.4) is 0 Å². The fraction of sp³-hybridized carbons (Fsp3) is 0.295. The SMILES string of the molecule is COc1ccc([C@H](Cc2c(Cl)c[nH+]cc2Cl)OC(=O)c2cccc(COc3cccc([C@@H](NC(=O)O[C@H]4CN5CCC4CC5)c4ccccc4)c3)c2)cc1OC. The highest BCUT2D eigenvalue weighted by atomic mass is 35.5. The molecule has 3 atom stereocenters. The molecule has 290 valence electrons. The number of nitrogens with one attached hydrogen (secondary N) is 2. The van der Waals surface area contributed by atoms with Crippen LogP contribution >= 0.6 is 23.2 Å². The highest BCUT2D eigenvalue weighted by Gasteiger charge is 2.37. The van der Waals surface area contributed by atoms with Gasteiger partial charge in [0.15, 0.2) is 23.9 Å². The minimum absolute atomic E-state index is 0.104. The minimum Gasteiger partial charge on any atom is -0.493 e. The normalized spacial score (nSPS) is 18.3. The van der Waals surface area contributed by atoms with Gasteiger partial charge >= 0.3 is 12.1 Å². The Morgan fingerprint density at radius 1 is 0.821 bits per heavy atom. The molecule has 2 N–H and O–H groups in total. The summed E-state index contributed by atoms with van der Waals surface area (Å²) in [4.78, 5) is 32.3. The monoisotopic (exact) mass is 796 g/mol. The lowest BCUT2D eigenvalue weighted by atomic mass is 9.86. The molecule has 3 saturated heterocycles. The molecule has 3 fully saturated rings. The van der Waals surface area contributed by atoms with Crippen molar-refractivity contribution in [2.75, 3.05) is 33.9 Å². The van der Waals surface area contributed by atoms with Gasteiger partial charge in [-0.1, -0.05) is 83.9 Å². The number of methoxy groups -OCH3 is 2. The van der Waals surface area contributed by atoms with E-state index in [4.69, 9.17) is 46.9 Å². The number of ether oxygens (including phenoxy) is 5. The second kappa shape index (κ2) is 18.1. The summed E-state index contributed by atoms with van der Waals surface area (Å²) in [6, 6.07) is 29.4. The fourth-order valence-corrected chi connectivity index (χ4v) is 7.94. The van der Waals surface area contributed by atoms with Gasteiger partial charge in [-0.3, -0.25) is 4.90 Å². The van der Waals surface area contributed by atoms with Gasteiger partial charge in [-0.25, -0.2) is 14.6 Å². The molecule has 0 unspecified atom stereocenters. The van der Waals surface area contributed by atoms with E-state index in [1.807, 2.05) is 66.7 Å². The zero-order chi connectivity index (χ0) is 39.0. The number of aromatic amines is 1. The number of halogens is 2. The van der Waals surface area contributed by atoms with Gasteiger partial charge in [-0.2, -0.15) is 0 Å². The maximum Gasteiger partial charge on any atom is 0.408 e. The number of esters is 1. The van der Waals surface area contributed by atoms with Gasteiger partial charge in [0.1, 0.15) is 34.6 Å². The number of amides is 1. The van der Waals surface area contributed by atoms with Gasteiger partial charge in [-0.05, 0) is 90.5 Å². The van der Waals surface area contributed by atoms with E-state index >= 15 is 0 Å². The highest BCUT2D eigenvalue weighted by molar-refractivity contribution is 6.35. The number of H-pyrrole nitrogens is 1. The number of hydrogen-bond donors (Lipinski definition) is 1. The van der Waals surface area contributed by atoms with E-state index in [1.54, 1.807) is 56.9 Å². The minimum atomic E-state index is -0.763. The smallest absolute Gasteiger partial charge is 0.408 e. The first-order chi connectivity index (χ1) is 27.3. The third-order valence-electron chi connectivity index (χ3n) is 10.4. The summed E-state index contributed by atoms with van der Waals surface area (Å²) in [5, 5.41) is 3.95. The summed E-state index contributed by atoms with van der Waals surface area (Å²) >= 11 is 13.0. The van der Waals surface area contributed by atoms with Crippen LogP contribution in [-0.2, 0) is 22.5 Å². The molecule has 0 radical (unpaired) electrons. The van der Waals surface area contributed by atoms with E-state index < -0.39 is 24.2 Å². The number of carbonyl (C=O) groups is 2. The Labute approximate surface area is 336 Å². The molecule has 12 heteroatoms. The fourth-order valence-electron chi connectivity index (χ4n) is 7.41. The van der Waals surface area contributed by atoms with Crippen LogP contribution < -0.4 is 24.5 Å². The predicted molar refractivity (Wildman–Crippen MR) is 212 cm³/mol. The molecule has 4 aromatic carbocycles. The number of aromatic nitrogens is 1. The number of fused-ring (bicyclic) bond motifs is 3. The van der Waals surface area contributed by atoms with Crippen molar-refractivity contribution in [3.05, 3.63) is 153 Å². The van der Waals surface area contributed by atoms with E-state index in [2.05, 4.69) is 15.2 Å². The zero-order valence-electron chi connectivity index (χ0n) is 31.2. The molecule has 5 aromatic rings. The molecular formula is C44H44Cl2N3O7+. The summed E-state index contributed by atoms with van der Waals surface area (Å²) in [7, 11) is 3.10. The van der Waals surface area contributed by atoms with Gasteiger partial charge < -0.3 is 29.0 Å². The summed E-state index contributed by atoms with van der Waals surface area (Å²) in [6.45, 7) is 3.10. The molecule has 1 aromatic heterocycles. The van der Waals surface area contributed by atoms with Crippen molar-refractivity contribution in [1.29, 1.82) is 0 Å². The lowest BCUT2D eigenvalue weighted by Crippen LogP contribution is -2.52. The predicted octanol–water partition coefficient (Wildman–Crippen LogP) is 8.45. The molecule has 56 heavy (non-hydrogen) atoms. The summed E-state index contributed by atoms with van der Waals surface area (Å²) in [6.07, 6.45) is 4.28. The number of pyridine rings is 1. The summed E-state index contributed by atoms with van der Waals surface area (Å²) < 4.78 is 29.3. The van der Waals surface area contributed by atoms with Crippen LogP contribution in [0.2, 0.25) is 10.0 Å². The van der Waals surface area contributed by atoms with Crippen molar-refractivity contribution in [3.8, 4) is 17.2 Å². The molecule has 0 aliphatic carbocycles. The van der Waals surface area contributed by atoms with Crippen molar-refractivity contribution >= 4 is 35.3 Å². The zero-order valence-corrected chi connectivity index (χ0v) is 32.7. The Hall–Kier alpha value is -5.29. The molecule has 3 aliphatic rings. The number of benzene rings is 4. The summed E-state index contributed by atoms with van der Waals surface area (Å²) in [5.41, 5.74) is 4.17. The van der Waals surface area contributed by atoms with E-state index in [0.29, 0.717) is 49.9 Å². The van der Waals surface area contributed by atoms with Gasteiger partial charge in [0.05, 0.1) is 25.8 Å². The van der Waals surface area contributed by atoms with Crippen molar-refractivity contribution in [2.24, 2.45) is 5.92 Å². The quantitative estimate of drug-likeness (QED) is 0.112. The number of hydrogen-bond acceptors (Lipinski definition) is 8. The van der Waals surface area contributed by atoms with Crippen LogP contribution in [0.1, 0.15) is 63.2 Å². The molecule has 0 spiro atoms. The van der Waals surface area contributed by atoms with Crippen LogP contribution in [0.4, 0.5) is 4.79 Å². The number of nitrogens with zero attached hydrogens (tertiary/aromatic N) is 1. The van der Waals surface area contributed by atoms with Crippen molar-refractivity contribution < 1.29 is 38.3 Å². The maximum atomic E-state index is 13.8. The first kappa shape index (κ1) is 39.0. The molecule has 8 rings (SSSR count).